The number of hydrogen-bond acceptors (Lipinski definition) is 2. The van der Waals surface area contributed by atoms with Crippen molar-refractivity contribution in [2.75, 3.05) is 17.6 Å². The summed E-state index contributed by atoms with van der Waals surface area (Å²) in [5.41, 5.74) is 0. The van der Waals surface area contributed by atoms with Crippen LogP contribution in [0.5, 0.6) is 0 Å². The Morgan fingerprint density at radius 1 is 1.33 bits per heavy atom. The molecule has 4 heteroatoms. The van der Waals surface area contributed by atoms with Gasteiger partial charge in [-0.3, -0.25) is 4.79 Å². The second-order valence-corrected chi connectivity index (χ2v) is 6.41. The van der Waals surface area contributed by atoms with E-state index in [1.807, 2.05) is 11.8 Å². The van der Waals surface area contributed by atoms with Gasteiger partial charge in [-0.05, 0) is 31.4 Å². The van der Waals surface area contributed by atoms with Crippen molar-refractivity contribution in [2.24, 2.45) is 0 Å². The molecule has 2 nitrogen and oxygen atoms in total. The SMILES string of the molecule is O=C(C1CCCCS1)N(CCBr)C1CC1. The van der Waals surface area contributed by atoms with Gasteiger partial charge < -0.3 is 4.90 Å². The van der Waals surface area contributed by atoms with E-state index in [9.17, 15) is 4.79 Å². The quantitative estimate of drug-likeness (QED) is 0.743. The van der Waals surface area contributed by atoms with Crippen molar-refractivity contribution in [1.82, 2.24) is 4.90 Å². The minimum Gasteiger partial charge on any atom is -0.338 e. The van der Waals surface area contributed by atoms with Crippen LogP contribution < -0.4 is 0 Å². The molecule has 1 saturated carbocycles. The fourth-order valence-corrected chi connectivity index (χ4v) is 3.72. The first-order chi connectivity index (χ1) is 7.33. The molecular weight excluding hydrogens is 274 g/mol. The largest absolute Gasteiger partial charge is 0.338 e. The lowest BCUT2D eigenvalue weighted by Crippen LogP contribution is -2.41. The number of nitrogens with zero attached hydrogens (tertiary/aromatic N) is 1. The van der Waals surface area contributed by atoms with Crippen LogP contribution in [0.15, 0.2) is 0 Å². The molecule has 1 atom stereocenters. The normalized spacial score (nSPS) is 26.3. The summed E-state index contributed by atoms with van der Waals surface area (Å²) in [4.78, 5) is 14.4. The monoisotopic (exact) mass is 291 g/mol. The Kier molecular flexibility index (Phi) is 4.38. The summed E-state index contributed by atoms with van der Waals surface area (Å²) in [5.74, 6) is 1.57. The van der Waals surface area contributed by atoms with Crippen molar-refractivity contribution in [3.05, 3.63) is 0 Å². The minimum atomic E-state index is 0.262. The van der Waals surface area contributed by atoms with Crippen LogP contribution in [-0.2, 0) is 4.79 Å². The maximum Gasteiger partial charge on any atom is 0.235 e. The van der Waals surface area contributed by atoms with Crippen LogP contribution in [0.3, 0.4) is 0 Å². The molecular formula is C11H18BrNOS. The average Bonchev–Trinajstić information content (AvgIpc) is 3.10. The lowest BCUT2D eigenvalue weighted by atomic mass is 10.1. The highest BCUT2D eigenvalue weighted by Crippen LogP contribution is 2.32. The van der Waals surface area contributed by atoms with Crippen LogP contribution in [0, 0.1) is 0 Å². The predicted molar refractivity (Wildman–Crippen MR) is 68.6 cm³/mol. The Morgan fingerprint density at radius 2 is 2.13 bits per heavy atom. The first kappa shape index (κ1) is 11.8. The Morgan fingerprint density at radius 3 is 2.67 bits per heavy atom. The van der Waals surface area contributed by atoms with E-state index >= 15 is 0 Å². The molecule has 1 amide bonds. The third-order valence-electron chi connectivity index (χ3n) is 3.05. The summed E-state index contributed by atoms with van der Waals surface area (Å²) in [7, 11) is 0. The zero-order valence-electron chi connectivity index (χ0n) is 8.95. The highest BCUT2D eigenvalue weighted by molar-refractivity contribution is 9.09. The Bertz CT molecular complexity index is 227. The van der Waals surface area contributed by atoms with Crippen molar-refractivity contribution < 1.29 is 4.79 Å². The van der Waals surface area contributed by atoms with Crippen LogP contribution >= 0.6 is 27.7 Å². The summed E-state index contributed by atoms with van der Waals surface area (Å²) in [5, 5.41) is 1.17. The van der Waals surface area contributed by atoms with E-state index in [-0.39, 0.29) is 5.25 Å². The molecule has 1 aliphatic heterocycles. The zero-order valence-corrected chi connectivity index (χ0v) is 11.4. The average molecular weight is 292 g/mol. The van der Waals surface area contributed by atoms with Crippen molar-refractivity contribution in [2.45, 2.75) is 43.4 Å². The van der Waals surface area contributed by atoms with Gasteiger partial charge in [0.15, 0.2) is 0 Å². The molecule has 1 aliphatic carbocycles. The van der Waals surface area contributed by atoms with Crippen molar-refractivity contribution in [3.63, 3.8) is 0 Å². The van der Waals surface area contributed by atoms with Gasteiger partial charge in [0.25, 0.3) is 0 Å². The van der Waals surface area contributed by atoms with Crippen LogP contribution in [0.4, 0.5) is 0 Å². The molecule has 2 aliphatic rings. The fraction of sp³-hybridized carbons (Fsp3) is 0.909. The van der Waals surface area contributed by atoms with Crippen molar-refractivity contribution in [3.8, 4) is 0 Å². The van der Waals surface area contributed by atoms with Crippen LogP contribution in [0.1, 0.15) is 32.1 Å². The molecule has 2 rings (SSSR count). The number of rotatable bonds is 4. The summed E-state index contributed by atoms with van der Waals surface area (Å²) in [6.45, 7) is 0.889. The van der Waals surface area contributed by atoms with Gasteiger partial charge in [0.1, 0.15) is 0 Å². The number of carbonyl (C=O) groups excluding carboxylic acids is 1. The van der Waals surface area contributed by atoms with E-state index in [1.165, 1.54) is 31.4 Å². The molecule has 0 aromatic rings. The fourth-order valence-electron chi connectivity index (χ4n) is 2.07. The Hall–Kier alpha value is 0.300. The maximum absolute atomic E-state index is 12.3. The lowest BCUT2D eigenvalue weighted by Gasteiger charge is -2.28. The van der Waals surface area contributed by atoms with E-state index in [2.05, 4.69) is 20.8 Å². The van der Waals surface area contributed by atoms with Crippen LogP contribution in [0.2, 0.25) is 0 Å². The number of amides is 1. The predicted octanol–water partition coefficient (Wildman–Crippen LogP) is 2.66. The van der Waals surface area contributed by atoms with E-state index in [0.717, 1.165) is 18.3 Å². The molecule has 0 aromatic carbocycles. The number of carbonyl (C=O) groups is 1. The van der Waals surface area contributed by atoms with E-state index < -0.39 is 0 Å². The summed E-state index contributed by atoms with van der Waals surface area (Å²) in [6.07, 6.45) is 6.05. The van der Waals surface area contributed by atoms with Gasteiger partial charge in [0, 0.05) is 17.9 Å². The first-order valence-corrected chi connectivity index (χ1v) is 7.98. The standard InChI is InChI=1S/C11H18BrNOS/c12-6-7-13(9-4-5-9)11(14)10-3-1-2-8-15-10/h9-10H,1-8H2. The van der Waals surface area contributed by atoms with Gasteiger partial charge >= 0.3 is 0 Å². The summed E-state index contributed by atoms with van der Waals surface area (Å²) in [6, 6.07) is 0.567. The molecule has 2 fully saturated rings. The number of hydrogen-bond donors (Lipinski definition) is 0. The molecule has 1 saturated heterocycles. The molecule has 1 heterocycles. The van der Waals surface area contributed by atoms with Crippen molar-refractivity contribution in [1.29, 1.82) is 0 Å². The van der Waals surface area contributed by atoms with E-state index in [1.54, 1.807) is 0 Å². The third-order valence-corrected chi connectivity index (χ3v) is 4.77. The topological polar surface area (TPSA) is 20.3 Å². The smallest absolute Gasteiger partial charge is 0.235 e. The van der Waals surface area contributed by atoms with Gasteiger partial charge in [-0.2, -0.15) is 0 Å². The molecule has 0 aromatic heterocycles. The number of alkyl halides is 1. The Balaban J connectivity index is 1.90. The highest BCUT2D eigenvalue weighted by atomic mass is 79.9. The minimum absolute atomic E-state index is 0.262. The number of halogens is 1. The molecule has 0 radical (unpaired) electrons. The highest BCUT2D eigenvalue weighted by Gasteiger charge is 2.35. The molecule has 15 heavy (non-hydrogen) atoms. The van der Waals surface area contributed by atoms with E-state index in [4.69, 9.17) is 0 Å². The van der Waals surface area contributed by atoms with E-state index in [0.29, 0.717) is 11.9 Å². The molecule has 0 N–H and O–H groups in total. The second-order valence-electron chi connectivity index (χ2n) is 4.31. The summed E-state index contributed by atoms with van der Waals surface area (Å²) < 4.78 is 0. The van der Waals surface area contributed by atoms with Crippen LogP contribution in [-0.4, -0.2) is 39.7 Å². The zero-order chi connectivity index (χ0) is 10.7. The summed E-state index contributed by atoms with van der Waals surface area (Å²) >= 11 is 5.30. The van der Waals surface area contributed by atoms with Crippen LogP contribution in [0.25, 0.3) is 0 Å². The lowest BCUT2D eigenvalue weighted by molar-refractivity contribution is -0.131. The van der Waals surface area contributed by atoms with Crippen molar-refractivity contribution >= 4 is 33.6 Å². The third kappa shape index (κ3) is 3.13. The maximum atomic E-state index is 12.3. The van der Waals surface area contributed by atoms with Gasteiger partial charge in [-0.15, -0.1) is 11.8 Å². The molecule has 0 bridgehead atoms. The Labute approximate surface area is 104 Å². The van der Waals surface area contributed by atoms with Gasteiger partial charge in [-0.1, -0.05) is 22.4 Å². The van der Waals surface area contributed by atoms with Gasteiger partial charge in [-0.25, -0.2) is 0 Å². The molecule has 1 unspecified atom stereocenters. The molecule has 86 valence electrons. The van der Waals surface area contributed by atoms with Gasteiger partial charge in [0.2, 0.25) is 5.91 Å². The number of thioether (sulfide) groups is 1. The van der Waals surface area contributed by atoms with Gasteiger partial charge in [0.05, 0.1) is 5.25 Å². The molecule has 0 spiro atoms. The first-order valence-electron chi connectivity index (χ1n) is 5.81. The second kappa shape index (κ2) is 5.58.